The predicted molar refractivity (Wildman–Crippen MR) is 120 cm³/mol. The van der Waals surface area contributed by atoms with Crippen molar-refractivity contribution < 1.29 is 14.3 Å². The second kappa shape index (κ2) is 11.0. The van der Waals surface area contributed by atoms with Crippen LogP contribution < -0.4 is 9.47 Å². The van der Waals surface area contributed by atoms with Gasteiger partial charge >= 0.3 is 0 Å². The number of hydrogen-bond acceptors (Lipinski definition) is 4. The SMILES string of the molecule is COc1ccccc1OCC(=O)N(C)C[C@@H]1CCCN(CCc2ccccc2C)C1. The minimum Gasteiger partial charge on any atom is -0.493 e. The molecule has 3 rings (SSSR count). The fourth-order valence-corrected chi connectivity index (χ4v) is 4.15. The number of para-hydroxylation sites is 2. The summed E-state index contributed by atoms with van der Waals surface area (Å²) in [5.74, 6) is 1.75. The van der Waals surface area contributed by atoms with Crippen molar-refractivity contribution in [1.29, 1.82) is 0 Å². The highest BCUT2D eigenvalue weighted by atomic mass is 16.5. The summed E-state index contributed by atoms with van der Waals surface area (Å²) in [4.78, 5) is 16.9. The molecule has 0 saturated carbocycles. The number of rotatable bonds is 9. The van der Waals surface area contributed by atoms with Gasteiger partial charge in [-0.05, 0) is 61.9 Å². The quantitative estimate of drug-likeness (QED) is 0.631. The van der Waals surface area contributed by atoms with Crippen molar-refractivity contribution >= 4 is 5.91 Å². The van der Waals surface area contributed by atoms with Gasteiger partial charge < -0.3 is 19.3 Å². The summed E-state index contributed by atoms with van der Waals surface area (Å²) in [7, 11) is 3.48. The van der Waals surface area contributed by atoms with E-state index in [1.165, 1.54) is 24.0 Å². The van der Waals surface area contributed by atoms with E-state index in [2.05, 4.69) is 36.1 Å². The summed E-state index contributed by atoms with van der Waals surface area (Å²) >= 11 is 0. The second-order valence-electron chi connectivity index (χ2n) is 8.20. The smallest absolute Gasteiger partial charge is 0.260 e. The third-order valence-corrected chi connectivity index (χ3v) is 5.94. The predicted octanol–water partition coefficient (Wildman–Crippen LogP) is 3.80. The monoisotopic (exact) mass is 410 g/mol. The number of hydrogen-bond donors (Lipinski definition) is 0. The molecule has 0 N–H and O–H groups in total. The number of nitrogens with zero attached hydrogens (tertiary/aromatic N) is 2. The fourth-order valence-electron chi connectivity index (χ4n) is 4.15. The molecule has 5 heteroatoms. The first kappa shape index (κ1) is 22.2. The summed E-state index contributed by atoms with van der Waals surface area (Å²) in [6.45, 7) is 6.27. The average Bonchev–Trinajstić information content (AvgIpc) is 2.77. The van der Waals surface area contributed by atoms with Crippen LogP contribution in [0.5, 0.6) is 11.5 Å². The Labute approximate surface area is 180 Å². The van der Waals surface area contributed by atoms with Crippen molar-refractivity contribution in [2.45, 2.75) is 26.2 Å². The Morgan fingerprint density at radius 2 is 1.87 bits per heavy atom. The number of amides is 1. The minimum absolute atomic E-state index is 0.00191. The molecule has 0 aromatic heterocycles. The molecule has 30 heavy (non-hydrogen) atoms. The third-order valence-electron chi connectivity index (χ3n) is 5.94. The molecular formula is C25H34N2O3. The Balaban J connectivity index is 1.44. The zero-order chi connectivity index (χ0) is 21.3. The van der Waals surface area contributed by atoms with Crippen molar-refractivity contribution in [3.05, 3.63) is 59.7 Å². The number of carbonyl (C=O) groups excluding carboxylic acids is 1. The molecule has 1 atom stereocenters. The molecule has 1 saturated heterocycles. The Bertz CT molecular complexity index is 824. The number of methoxy groups -OCH3 is 1. The summed E-state index contributed by atoms with van der Waals surface area (Å²) in [5.41, 5.74) is 2.80. The average molecular weight is 411 g/mol. The van der Waals surface area contributed by atoms with Crippen LogP contribution in [-0.4, -0.2) is 62.7 Å². The summed E-state index contributed by atoms with van der Waals surface area (Å²) in [5, 5.41) is 0. The van der Waals surface area contributed by atoms with Crippen LogP contribution in [0.1, 0.15) is 24.0 Å². The molecule has 1 fully saturated rings. The van der Waals surface area contributed by atoms with Crippen LogP contribution in [0.15, 0.2) is 48.5 Å². The number of likely N-dealkylation sites (N-methyl/N-ethyl adjacent to an activating group) is 1. The van der Waals surface area contributed by atoms with E-state index in [9.17, 15) is 4.79 Å². The molecule has 0 radical (unpaired) electrons. The van der Waals surface area contributed by atoms with Gasteiger partial charge in [-0.1, -0.05) is 36.4 Å². The van der Waals surface area contributed by atoms with Crippen LogP contribution in [0.25, 0.3) is 0 Å². The normalized spacial score (nSPS) is 16.8. The van der Waals surface area contributed by atoms with Gasteiger partial charge in [-0.2, -0.15) is 0 Å². The lowest BCUT2D eigenvalue weighted by Gasteiger charge is -2.34. The van der Waals surface area contributed by atoms with Crippen molar-refractivity contribution in [2.75, 3.05) is 46.9 Å². The molecule has 2 aromatic rings. The molecule has 1 heterocycles. The number of carbonyl (C=O) groups is 1. The van der Waals surface area contributed by atoms with Gasteiger partial charge in [0.1, 0.15) is 0 Å². The van der Waals surface area contributed by atoms with Crippen LogP contribution >= 0.6 is 0 Å². The number of ether oxygens (including phenoxy) is 2. The second-order valence-corrected chi connectivity index (χ2v) is 8.20. The van der Waals surface area contributed by atoms with Crippen LogP contribution in [0.3, 0.4) is 0 Å². The summed E-state index contributed by atoms with van der Waals surface area (Å²) in [6.07, 6.45) is 3.45. The Kier molecular flexibility index (Phi) is 8.14. The van der Waals surface area contributed by atoms with E-state index in [-0.39, 0.29) is 12.5 Å². The highest BCUT2D eigenvalue weighted by Gasteiger charge is 2.23. The maximum Gasteiger partial charge on any atom is 0.260 e. The summed E-state index contributed by atoms with van der Waals surface area (Å²) in [6, 6.07) is 16.0. The summed E-state index contributed by atoms with van der Waals surface area (Å²) < 4.78 is 11.0. The molecule has 0 aliphatic carbocycles. The van der Waals surface area contributed by atoms with Crippen LogP contribution in [-0.2, 0) is 11.2 Å². The van der Waals surface area contributed by atoms with E-state index in [1.807, 2.05) is 36.2 Å². The Hall–Kier alpha value is -2.53. The van der Waals surface area contributed by atoms with Gasteiger partial charge in [0, 0.05) is 26.7 Å². The van der Waals surface area contributed by atoms with E-state index in [1.54, 1.807) is 7.11 Å². The van der Waals surface area contributed by atoms with Gasteiger partial charge in [-0.3, -0.25) is 4.79 Å². The van der Waals surface area contributed by atoms with E-state index in [0.717, 1.165) is 32.6 Å². The lowest BCUT2D eigenvalue weighted by molar-refractivity contribution is -0.132. The Morgan fingerprint density at radius 1 is 1.13 bits per heavy atom. The van der Waals surface area contributed by atoms with Gasteiger partial charge in [-0.15, -0.1) is 0 Å². The zero-order valence-electron chi connectivity index (χ0n) is 18.5. The van der Waals surface area contributed by atoms with Crippen molar-refractivity contribution in [3.8, 4) is 11.5 Å². The number of benzene rings is 2. The molecule has 5 nitrogen and oxygen atoms in total. The lowest BCUT2D eigenvalue weighted by atomic mass is 9.96. The van der Waals surface area contributed by atoms with Crippen molar-refractivity contribution in [1.82, 2.24) is 9.80 Å². The van der Waals surface area contributed by atoms with E-state index >= 15 is 0 Å². The van der Waals surface area contributed by atoms with E-state index in [4.69, 9.17) is 9.47 Å². The lowest BCUT2D eigenvalue weighted by Crippen LogP contribution is -2.43. The van der Waals surface area contributed by atoms with Crippen LogP contribution in [0, 0.1) is 12.8 Å². The molecule has 2 aromatic carbocycles. The highest BCUT2D eigenvalue weighted by molar-refractivity contribution is 5.77. The molecule has 162 valence electrons. The largest absolute Gasteiger partial charge is 0.493 e. The number of piperidine rings is 1. The zero-order valence-corrected chi connectivity index (χ0v) is 18.5. The van der Waals surface area contributed by atoms with E-state index in [0.29, 0.717) is 17.4 Å². The topological polar surface area (TPSA) is 42.0 Å². The molecule has 1 amide bonds. The van der Waals surface area contributed by atoms with Gasteiger partial charge in [-0.25, -0.2) is 0 Å². The first-order valence-corrected chi connectivity index (χ1v) is 10.8. The molecule has 0 spiro atoms. The first-order chi connectivity index (χ1) is 14.6. The standard InChI is InChI=1S/C25H34N2O3/c1-20-9-4-5-11-22(20)14-16-27-15-8-10-21(18-27)17-26(2)25(28)19-30-24-13-7-6-12-23(24)29-3/h4-7,9,11-13,21H,8,10,14-19H2,1-3H3/t21-/m0/s1. The fraction of sp³-hybridized carbons (Fsp3) is 0.480. The minimum atomic E-state index is -0.00191. The molecule has 0 bridgehead atoms. The Morgan fingerprint density at radius 3 is 2.63 bits per heavy atom. The van der Waals surface area contributed by atoms with Crippen LogP contribution in [0.2, 0.25) is 0 Å². The van der Waals surface area contributed by atoms with Crippen LogP contribution in [0.4, 0.5) is 0 Å². The first-order valence-electron chi connectivity index (χ1n) is 10.8. The van der Waals surface area contributed by atoms with Gasteiger partial charge in [0.25, 0.3) is 5.91 Å². The van der Waals surface area contributed by atoms with Crippen molar-refractivity contribution in [2.24, 2.45) is 5.92 Å². The molecule has 1 aliphatic rings. The highest BCUT2D eigenvalue weighted by Crippen LogP contribution is 2.25. The number of likely N-dealkylation sites (tertiary alicyclic amines) is 1. The van der Waals surface area contributed by atoms with Gasteiger partial charge in [0.05, 0.1) is 7.11 Å². The van der Waals surface area contributed by atoms with Gasteiger partial charge in [0.15, 0.2) is 18.1 Å². The molecule has 1 aliphatic heterocycles. The van der Waals surface area contributed by atoms with Crippen molar-refractivity contribution in [3.63, 3.8) is 0 Å². The third kappa shape index (κ3) is 6.23. The number of aryl methyl sites for hydroxylation is 1. The molecular weight excluding hydrogens is 376 g/mol. The maximum atomic E-state index is 12.6. The van der Waals surface area contributed by atoms with Gasteiger partial charge in [0.2, 0.25) is 0 Å². The molecule has 0 unspecified atom stereocenters. The van der Waals surface area contributed by atoms with E-state index < -0.39 is 0 Å². The maximum absolute atomic E-state index is 12.6.